The minimum Gasteiger partial charge on any atom is -0.368 e. The van der Waals surface area contributed by atoms with Crippen molar-refractivity contribution in [3.05, 3.63) is 77.6 Å². The molecule has 180 valence electrons. The lowest BCUT2D eigenvalue weighted by Gasteiger charge is -2.42. The molecular formula is C26H34Cl3N3O. The molecule has 1 heterocycles. The second-order valence-corrected chi connectivity index (χ2v) is 8.51. The molecule has 4 nitrogen and oxygen atoms in total. The van der Waals surface area contributed by atoms with Gasteiger partial charge in [0, 0.05) is 12.1 Å². The zero-order valence-corrected chi connectivity index (χ0v) is 21.6. The van der Waals surface area contributed by atoms with Gasteiger partial charge in [0.25, 0.3) is 0 Å². The maximum absolute atomic E-state index is 13.1. The number of pyridine rings is 1. The first-order valence-corrected chi connectivity index (χ1v) is 11.1. The van der Waals surface area contributed by atoms with Crippen LogP contribution in [0.1, 0.15) is 68.3 Å². The lowest BCUT2D eigenvalue weighted by Crippen LogP contribution is -2.60. The molecule has 1 amide bonds. The van der Waals surface area contributed by atoms with Gasteiger partial charge in [-0.2, -0.15) is 0 Å². The average molecular weight is 511 g/mol. The summed E-state index contributed by atoms with van der Waals surface area (Å²) in [5.74, 6) is -0.358. The predicted octanol–water partition coefficient (Wildman–Crippen LogP) is 6.30. The number of hydrogen-bond acceptors (Lipinski definition) is 3. The summed E-state index contributed by atoms with van der Waals surface area (Å²) in [7, 11) is 0. The second-order valence-electron chi connectivity index (χ2n) is 8.51. The summed E-state index contributed by atoms with van der Waals surface area (Å²) in [6.07, 6.45) is 6.49. The van der Waals surface area contributed by atoms with Gasteiger partial charge in [-0.3, -0.25) is 15.1 Å². The quantitative estimate of drug-likeness (QED) is 0.392. The van der Waals surface area contributed by atoms with E-state index in [4.69, 9.17) is 5.73 Å². The van der Waals surface area contributed by atoms with Gasteiger partial charge in [0.15, 0.2) is 0 Å². The lowest BCUT2D eigenvalue weighted by molar-refractivity contribution is -0.126. The van der Waals surface area contributed by atoms with Gasteiger partial charge in [-0.25, -0.2) is 0 Å². The number of amides is 1. The third-order valence-electron chi connectivity index (χ3n) is 6.74. The van der Waals surface area contributed by atoms with Gasteiger partial charge in [-0.1, -0.05) is 68.8 Å². The Bertz CT molecular complexity index is 1060. The molecule has 0 bridgehead atoms. The Morgan fingerprint density at radius 3 is 2.58 bits per heavy atom. The largest absolute Gasteiger partial charge is 0.368 e. The van der Waals surface area contributed by atoms with Crippen molar-refractivity contribution in [3.63, 3.8) is 0 Å². The molecule has 7 heteroatoms. The fourth-order valence-electron chi connectivity index (χ4n) is 5.17. The summed E-state index contributed by atoms with van der Waals surface area (Å²) in [5, 5.41) is 6.11. The molecule has 1 aliphatic carbocycles. The fraction of sp³-hybridized carbons (Fsp3) is 0.385. The number of fused-ring (bicyclic) bond motifs is 2. The number of rotatable bonds is 7. The minimum atomic E-state index is -0.838. The molecule has 3 aromatic rings. The molecule has 0 aliphatic heterocycles. The van der Waals surface area contributed by atoms with Crippen molar-refractivity contribution in [1.29, 1.82) is 0 Å². The van der Waals surface area contributed by atoms with E-state index in [9.17, 15) is 4.79 Å². The van der Waals surface area contributed by atoms with E-state index in [1.165, 1.54) is 16.3 Å². The van der Waals surface area contributed by atoms with Crippen LogP contribution >= 0.6 is 37.2 Å². The third kappa shape index (κ3) is 5.63. The summed E-state index contributed by atoms with van der Waals surface area (Å²) in [4.78, 5) is 17.8. The summed E-state index contributed by atoms with van der Waals surface area (Å²) in [6.45, 7) is 4.25. The molecule has 1 aliphatic rings. The van der Waals surface area contributed by atoms with E-state index < -0.39 is 5.54 Å². The van der Waals surface area contributed by atoms with Crippen LogP contribution in [0.3, 0.4) is 0 Å². The highest BCUT2D eigenvalue weighted by atomic mass is 35.5. The number of nitrogens with one attached hydrogen (secondary N) is 1. The zero-order valence-electron chi connectivity index (χ0n) is 19.1. The van der Waals surface area contributed by atoms with Crippen LogP contribution in [-0.4, -0.2) is 16.4 Å². The summed E-state index contributed by atoms with van der Waals surface area (Å²) in [6, 6.07) is 18.9. The summed E-state index contributed by atoms with van der Waals surface area (Å²) in [5.41, 5.74) is 8.81. The Balaban J connectivity index is 0.00000181. The van der Waals surface area contributed by atoms with Gasteiger partial charge in [-0.05, 0) is 53.6 Å². The van der Waals surface area contributed by atoms with Crippen LogP contribution in [0.25, 0.3) is 10.8 Å². The topological polar surface area (TPSA) is 68.0 Å². The number of nitrogens with two attached hydrogens (primary N) is 1. The maximum atomic E-state index is 13.1. The molecule has 3 atom stereocenters. The molecule has 33 heavy (non-hydrogen) atoms. The standard InChI is InChI=1S/C26H31N3O.3ClH/c1-3-16-26(25(27)30,29-23-15-7-11-20-12-8-17-28-24(20)23)18(2)21-14-6-10-19-9-4-5-13-22(19)21;;;/h4-6,8-10,12-14,17-18,23,29H,3,7,11,15-16H2,1-2H3,(H2,27,30);3*1H/t18-,23?,26?;;;/m1.../s1. The number of nitrogens with zero attached hydrogens (tertiary/aromatic N) is 1. The number of hydrogen-bond donors (Lipinski definition) is 2. The highest BCUT2D eigenvalue weighted by Crippen LogP contribution is 2.39. The van der Waals surface area contributed by atoms with E-state index in [-0.39, 0.29) is 55.1 Å². The number of carbonyl (C=O) groups is 1. The smallest absolute Gasteiger partial charge is 0.238 e. The van der Waals surface area contributed by atoms with Crippen LogP contribution in [0, 0.1) is 0 Å². The Hall–Kier alpha value is -1.85. The molecule has 0 fully saturated rings. The van der Waals surface area contributed by atoms with Crippen LogP contribution in [0.2, 0.25) is 0 Å². The van der Waals surface area contributed by atoms with Gasteiger partial charge in [0.05, 0.1) is 11.7 Å². The molecule has 2 aromatic carbocycles. The summed E-state index contributed by atoms with van der Waals surface area (Å²) >= 11 is 0. The Labute approximate surface area is 215 Å². The van der Waals surface area contributed by atoms with Gasteiger partial charge >= 0.3 is 0 Å². The van der Waals surface area contributed by atoms with Gasteiger partial charge in [0.1, 0.15) is 5.54 Å². The van der Waals surface area contributed by atoms with Crippen molar-refractivity contribution in [2.24, 2.45) is 5.73 Å². The van der Waals surface area contributed by atoms with E-state index in [1.54, 1.807) is 0 Å². The SMILES string of the molecule is CCCC(NC1CCCc2cccnc21)(C(N)=O)[C@H](C)c1cccc2ccccc12.Cl.Cl.Cl. The van der Waals surface area contributed by atoms with E-state index in [0.717, 1.165) is 36.9 Å². The maximum Gasteiger partial charge on any atom is 0.238 e. The van der Waals surface area contributed by atoms with E-state index in [2.05, 4.69) is 66.6 Å². The highest BCUT2D eigenvalue weighted by molar-refractivity contribution is 5.90. The number of aromatic nitrogens is 1. The molecule has 0 saturated carbocycles. The first kappa shape index (κ1) is 29.2. The van der Waals surface area contributed by atoms with Crippen LogP contribution in [-0.2, 0) is 11.2 Å². The minimum absolute atomic E-state index is 0. The predicted molar refractivity (Wildman–Crippen MR) is 144 cm³/mol. The highest BCUT2D eigenvalue weighted by Gasteiger charge is 2.44. The third-order valence-corrected chi connectivity index (χ3v) is 6.74. The second kappa shape index (κ2) is 12.6. The Morgan fingerprint density at radius 1 is 1.12 bits per heavy atom. The van der Waals surface area contributed by atoms with Crippen LogP contribution in [0.5, 0.6) is 0 Å². The van der Waals surface area contributed by atoms with E-state index >= 15 is 0 Å². The van der Waals surface area contributed by atoms with Crippen molar-refractivity contribution in [3.8, 4) is 0 Å². The molecule has 0 spiro atoms. The van der Waals surface area contributed by atoms with Gasteiger partial charge in [0.2, 0.25) is 5.91 Å². The Kier molecular flexibility index (Phi) is 11.1. The van der Waals surface area contributed by atoms with Crippen LogP contribution < -0.4 is 11.1 Å². The van der Waals surface area contributed by atoms with Gasteiger partial charge in [-0.15, -0.1) is 37.2 Å². The fourth-order valence-corrected chi connectivity index (χ4v) is 5.17. The van der Waals surface area contributed by atoms with Crippen molar-refractivity contribution in [1.82, 2.24) is 10.3 Å². The van der Waals surface area contributed by atoms with E-state index in [0.29, 0.717) is 6.42 Å². The average Bonchev–Trinajstić information content (AvgIpc) is 2.78. The zero-order chi connectivity index (χ0) is 21.1. The monoisotopic (exact) mass is 509 g/mol. The number of aryl methyl sites for hydroxylation is 1. The van der Waals surface area contributed by atoms with Crippen molar-refractivity contribution in [2.75, 3.05) is 0 Å². The molecule has 0 saturated heterocycles. The van der Waals surface area contributed by atoms with Crippen LogP contribution in [0.15, 0.2) is 60.8 Å². The van der Waals surface area contributed by atoms with Crippen LogP contribution in [0.4, 0.5) is 0 Å². The molecule has 3 N–H and O–H groups in total. The van der Waals surface area contributed by atoms with Gasteiger partial charge < -0.3 is 5.73 Å². The number of carbonyl (C=O) groups excluding carboxylic acids is 1. The van der Waals surface area contributed by atoms with E-state index in [1.807, 2.05) is 18.3 Å². The first-order valence-electron chi connectivity index (χ1n) is 11.1. The molecule has 2 unspecified atom stereocenters. The molecule has 1 aromatic heterocycles. The molecular weight excluding hydrogens is 477 g/mol. The Morgan fingerprint density at radius 2 is 1.85 bits per heavy atom. The molecule has 0 radical (unpaired) electrons. The number of primary amides is 1. The summed E-state index contributed by atoms with van der Waals surface area (Å²) < 4.78 is 0. The number of benzene rings is 2. The first-order chi connectivity index (χ1) is 14.6. The lowest BCUT2D eigenvalue weighted by atomic mass is 9.74. The normalized spacial score (nSPS) is 17.3. The molecule has 4 rings (SSSR count). The van der Waals surface area contributed by atoms with Crippen molar-refractivity contribution < 1.29 is 4.79 Å². The van der Waals surface area contributed by atoms with Crippen molar-refractivity contribution >= 4 is 53.9 Å². The van der Waals surface area contributed by atoms with Crippen molar-refractivity contribution in [2.45, 2.75) is 63.5 Å². The number of halogens is 3.